The third kappa shape index (κ3) is 6.83. The SMILES string of the molecule is O=S(=O)([O-])CCCc1ccc(C(F)=C(F)F)cc1.[Li+]. The van der Waals surface area contributed by atoms with Gasteiger partial charge >= 0.3 is 24.9 Å². The monoisotopic (exact) mass is 286 g/mol. The summed E-state index contributed by atoms with van der Waals surface area (Å²) in [5.74, 6) is -2.06. The Labute approximate surface area is 121 Å². The molecule has 0 unspecified atom stereocenters. The molecule has 0 spiro atoms. The second-order valence-corrected chi connectivity index (χ2v) is 5.16. The molecule has 0 bridgehead atoms. The first-order valence-electron chi connectivity index (χ1n) is 5.03. The molecular formula is C11H10F3LiO3S. The molecule has 0 amide bonds. The van der Waals surface area contributed by atoms with E-state index in [2.05, 4.69) is 0 Å². The Hall–Kier alpha value is -0.743. The number of benzene rings is 1. The Morgan fingerprint density at radius 1 is 1.11 bits per heavy atom. The molecule has 0 aliphatic carbocycles. The minimum Gasteiger partial charge on any atom is -0.748 e. The van der Waals surface area contributed by atoms with Crippen molar-refractivity contribution in [1.82, 2.24) is 0 Å². The van der Waals surface area contributed by atoms with Gasteiger partial charge in [-0.15, -0.1) is 0 Å². The van der Waals surface area contributed by atoms with Gasteiger partial charge in [-0.2, -0.15) is 8.78 Å². The average molecular weight is 286 g/mol. The van der Waals surface area contributed by atoms with E-state index in [1.807, 2.05) is 0 Å². The molecule has 19 heavy (non-hydrogen) atoms. The molecule has 0 fully saturated rings. The van der Waals surface area contributed by atoms with Crippen LogP contribution in [0.15, 0.2) is 30.3 Å². The summed E-state index contributed by atoms with van der Waals surface area (Å²) in [4.78, 5) is 0. The van der Waals surface area contributed by atoms with Crippen LogP contribution in [-0.4, -0.2) is 18.7 Å². The summed E-state index contributed by atoms with van der Waals surface area (Å²) in [6.45, 7) is 0. The Bertz CT molecular complexity index is 537. The molecule has 1 rings (SSSR count). The van der Waals surface area contributed by atoms with Gasteiger partial charge in [0.2, 0.25) is 0 Å². The van der Waals surface area contributed by atoms with Gasteiger partial charge in [-0.1, -0.05) is 24.3 Å². The number of halogens is 3. The summed E-state index contributed by atoms with van der Waals surface area (Å²) in [5.41, 5.74) is 0.407. The van der Waals surface area contributed by atoms with Gasteiger partial charge in [-0.3, -0.25) is 0 Å². The van der Waals surface area contributed by atoms with Crippen molar-refractivity contribution in [3.63, 3.8) is 0 Å². The van der Waals surface area contributed by atoms with Crippen LogP contribution in [0.4, 0.5) is 13.2 Å². The van der Waals surface area contributed by atoms with E-state index < -0.39 is 27.8 Å². The quantitative estimate of drug-likeness (QED) is 0.552. The molecule has 0 N–H and O–H groups in total. The first kappa shape index (κ1) is 18.3. The van der Waals surface area contributed by atoms with Crippen LogP contribution in [0.5, 0.6) is 0 Å². The zero-order valence-electron chi connectivity index (χ0n) is 10.2. The maximum absolute atomic E-state index is 12.8. The fourth-order valence-electron chi connectivity index (χ4n) is 1.38. The Balaban J connectivity index is 0.00000324. The van der Waals surface area contributed by atoms with Crippen molar-refractivity contribution >= 4 is 15.9 Å². The van der Waals surface area contributed by atoms with Crippen LogP contribution < -0.4 is 18.9 Å². The molecule has 3 nitrogen and oxygen atoms in total. The fourth-order valence-corrected chi connectivity index (χ4v) is 1.88. The van der Waals surface area contributed by atoms with Crippen molar-refractivity contribution in [2.75, 3.05) is 5.75 Å². The maximum Gasteiger partial charge on any atom is 1.00 e. The van der Waals surface area contributed by atoms with E-state index in [1.54, 1.807) is 0 Å². The Morgan fingerprint density at radius 3 is 2.05 bits per heavy atom. The molecule has 0 saturated carbocycles. The first-order chi connectivity index (χ1) is 8.29. The number of aryl methyl sites for hydroxylation is 1. The van der Waals surface area contributed by atoms with Crippen LogP contribution in [-0.2, 0) is 16.5 Å². The van der Waals surface area contributed by atoms with Gasteiger partial charge in [0.25, 0.3) is 0 Å². The standard InChI is InChI=1S/C11H11F3O3S.Li/c12-10(11(13)14)9-5-3-8(4-6-9)2-1-7-18(15,16)17;/h3-6H,1-2,7H2,(H,15,16,17);/q;+1/p-1. The molecule has 0 atom stereocenters. The number of hydrogen-bond donors (Lipinski definition) is 0. The van der Waals surface area contributed by atoms with Gasteiger partial charge in [0.05, 0.1) is 10.1 Å². The summed E-state index contributed by atoms with van der Waals surface area (Å²) in [7, 11) is -4.24. The van der Waals surface area contributed by atoms with E-state index in [1.165, 1.54) is 24.3 Å². The zero-order valence-corrected chi connectivity index (χ0v) is 11.0. The van der Waals surface area contributed by atoms with Crippen molar-refractivity contribution in [3.8, 4) is 0 Å². The third-order valence-electron chi connectivity index (χ3n) is 2.23. The fraction of sp³-hybridized carbons (Fsp3) is 0.273. The second-order valence-electron chi connectivity index (χ2n) is 3.64. The average Bonchev–Trinajstić information content (AvgIpc) is 2.27. The van der Waals surface area contributed by atoms with Crippen LogP contribution in [0, 0.1) is 0 Å². The normalized spacial score (nSPS) is 10.7. The van der Waals surface area contributed by atoms with Crippen molar-refractivity contribution < 1.29 is 45.0 Å². The molecular weight excluding hydrogens is 276 g/mol. The van der Waals surface area contributed by atoms with E-state index in [0.29, 0.717) is 12.0 Å². The second kappa shape index (κ2) is 7.75. The van der Waals surface area contributed by atoms with E-state index in [4.69, 9.17) is 0 Å². The predicted octanol–water partition coefficient (Wildman–Crippen LogP) is -0.297. The summed E-state index contributed by atoms with van der Waals surface area (Å²) in [5, 5.41) is 0. The molecule has 100 valence electrons. The topological polar surface area (TPSA) is 57.2 Å². The molecule has 0 aliphatic heterocycles. The first-order valence-corrected chi connectivity index (χ1v) is 6.61. The molecule has 0 aliphatic rings. The molecule has 1 aromatic rings. The summed E-state index contributed by atoms with van der Waals surface area (Å²) >= 11 is 0. The van der Waals surface area contributed by atoms with Gasteiger partial charge in [0.15, 0.2) is 5.83 Å². The van der Waals surface area contributed by atoms with Gasteiger partial charge < -0.3 is 4.55 Å². The molecule has 0 heterocycles. The van der Waals surface area contributed by atoms with Gasteiger partial charge in [-0.05, 0) is 18.4 Å². The molecule has 0 saturated heterocycles. The van der Waals surface area contributed by atoms with Crippen molar-refractivity contribution in [2.45, 2.75) is 12.8 Å². The minimum atomic E-state index is -4.24. The molecule has 1 aromatic carbocycles. The van der Waals surface area contributed by atoms with Crippen molar-refractivity contribution in [2.24, 2.45) is 0 Å². The third-order valence-corrected chi connectivity index (χ3v) is 3.02. The minimum absolute atomic E-state index is 0. The van der Waals surface area contributed by atoms with Crippen molar-refractivity contribution in [1.29, 1.82) is 0 Å². The van der Waals surface area contributed by atoms with Crippen LogP contribution in [0.1, 0.15) is 17.5 Å². The largest absolute Gasteiger partial charge is 1.00 e. The van der Waals surface area contributed by atoms with Gasteiger partial charge in [0.1, 0.15) is 0 Å². The number of hydrogen-bond acceptors (Lipinski definition) is 3. The van der Waals surface area contributed by atoms with E-state index in [0.717, 1.165) is 0 Å². The Morgan fingerprint density at radius 2 is 1.63 bits per heavy atom. The molecule has 0 radical (unpaired) electrons. The predicted molar refractivity (Wildman–Crippen MR) is 59.6 cm³/mol. The molecule has 8 heteroatoms. The van der Waals surface area contributed by atoms with Gasteiger partial charge in [0, 0.05) is 11.3 Å². The van der Waals surface area contributed by atoms with Crippen LogP contribution >= 0.6 is 0 Å². The van der Waals surface area contributed by atoms with Crippen LogP contribution in [0.2, 0.25) is 0 Å². The van der Waals surface area contributed by atoms with Crippen LogP contribution in [0.25, 0.3) is 5.83 Å². The zero-order chi connectivity index (χ0) is 13.8. The smallest absolute Gasteiger partial charge is 0.748 e. The van der Waals surface area contributed by atoms with E-state index >= 15 is 0 Å². The molecule has 0 aromatic heterocycles. The van der Waals surface area contributed by atoms with E-state index in [9.17, 15) is 26.1 Å². The summed E-state index contributed by atoms with van der Waals surface area (Å²) < 4.78 is 67.7. The van der Waals surface area contributed by atoms with Crippen molar-refractivity contribution in [3.05, 3.63) is 41.5 Å². The Kier molecular flexibility index (Phi) is 7.45. The van der Waals surface area contributed by atoms with Gasteiger partial charge in [-0.25, -0.2) is 12.8 Å². The maximum atomic E-state index is 12.8. The summed E-state index contributed by atoms with van der Waals surface area (Å²) in [6.07, 6.45) is -1.94. The number of rotatable bonds is 5. The van der Waals surface area contributed by atoms with Crippen LogP contribution in [0.3, 0.4) is 0 Å². The van der Waals surface area contributed by atoms with E-state index in [-0.39, 0.29) is 30.8 Å². The summed E-state index contributed by atoms with van der Waals surface area (Å²) in [6, 6.07) is 5.18.